The number of hydrogen-bond donors (Lipinski definition) is 0. The van der Waals surface area contributed by atoms with E-state index in [9.17, 15) is 4.79 Å². The van der Waals surface area contributed by atoms with Gasteiger partial charge in [-0.1, -0.05) is 71.6 Å². The summed E-state index contributed by atoms with van der Waals surface area (Å²) in [5.74, 6) is -0.136. The fraction of sp³-hybridized carbons (Fsp3) is 0.960. The SMILES string of the molecule is CCCCCCCCCCCOCCOCCOCCOCCCC(=O)OCCCC. The first-order valence-corrected chi connectivity index (χ1v) is 12.8. The van der Waals surface area contributed by atoms with Crippen molar-refractivity contribution in [3.8, 4) is 0 Å². The quantitative estimate of drug-likeness (QED) is 0.125. The van der Waals surface area contributed by atoms with E-state index < -0.39 is 0 Å². The number of carbonyl (C=O) groups is 1. The largest absolute Gasteiger partial charge is 0.466 e. The van der Waals surface area contributed by atoms with Gasteiger partial charge in [0.2, 0.25) is 0 Å². The molecule has 0 unspecified atom stereocenters. The van der Waals surface area contributed by atoms with E-state index >= 15 is 0 Å². The highest BCUT2D eigenvalue weighted by Gasteiger charge is 2.02. The van der Waals surface area contributed by atoms with Gasteiger partial charge in [-0.3, -0.25) is 4.79 Å². The highest BCUT2D eigenvalue weighted by molar-refractivity contribution is 5.69. The lowest BCUT2D eigenvalue weighted by atomic mass is 10.1. The Labute approximate surface area is 191 Å². The van der Waals surface area contributed by atoms with Gasteiger partial charge in [-0.25, -0.2) is 0 Å². The number of hydrogen-bond acceptors (Lipinski definition) is 6. The van der Waals surface area contributed by atoms with Gasteiger partial charge in [-0.15, -0.1) is 0 Å². The van der Waals surface area contributed by atoms with Crippen molar-refractivity contribution in [2.45, 2.75) is 97.3 Å². The Balaban J connectivity index is 3.06. The van der Waals surface area contributed by atoms with Crippen LogP contribution in [0.1, 0.15) is 97.3 Å². The summed E-state index contributed by atoms with van der Waals surface area (Å²) in [6.07, 6.45) is 15.1. The smallest absolute Gasteiger partial charge is 0.305 e. The predicted molar refractivity (Wildman–Crippen MR) is 126 cm³/mol. The molecule has 0 aromatic heterocycles. The lowest BCUT2D eigenvalue weighted by molar-refractivity contribution is -0.144. The molecule has 0 saturated heterocycles. The maximum Gasteiger partial charge on any atom is 0.305 e. The molecule has 0 fully saturated rings. The molecule has 0 bridgehead atoms. The van der Waals surface area contributed by atoms with Crippen LogP contribution in [0.4, 0.5) is 0 Å². The van der Waals surface area contributed by atoms with Crippen molar-refractivity contribution < 1.29 is 28.5 Å². The maximum atomic E-state index is 11.4. The molecule has 0 aliphatic heterocycles. The van der Waals surface area contributed by atoms with Crippen LogP contribution in [0.5, 0.6) is 0 Å². The highest BCUT2D eigenvalue weighted by Crippen LogP contribution is 2.09. The Morgan fingerprint density at radius 1 is 0.452 bits per heavy atom. The van der Waals surface area contributed by atoms with Crippen LogP contribution < -0.4 is 0 Å². The Bertz CT molecular complexity index is 351. The van der Waals surface area contributed by atoms with Crippen molar-refractivity contribution in [1.82, 2.24) is 0 Å². The fourth-order valence-corrected chi connectivity index (χ4v) is 3.00. The first kappa shape index (κ1) is 30.3. The standard InChI is InChI=1S/C25H50O6/c1-3-5-7-8-9-10-11-12-13-16-27-19-21-29-23-24-30-22-20-28-17-14-15-25(26)31-18-6-4-2/h3-24H2,1-2H3. The Morgan fingerprint density at radius 3 is 1.39 bits per heavy atom. The van der Waals surface area contributed by atoms with Gasteiger partial charge in [0.1, 0.15) is 0 Å². The molecule has 0 radical (unpaired) electrons. The molecular weight excluding hydrogens is 396 g/mol. The van der Waals surface area contributed by atoms with Crippen molar-refractivity contribution in [2.24, 2.45) is 0 Å². The fourth-order valence-electron chi connectivity index (χ4n) is 3.00. The molecule has 0 heterocycles. The molecule has 0 amide bonds. The molecule has 0 atom stereocenters. The second-order valence-electron chi connectivity index (χ2n) is 7.96. The van der Waals surface area contributed by atoms with Crippen molar-refractivity contribution in [2.75, 3.05) is 59.5 Å². The van der Waals surface area contributed by atoms with Gasteiger partial charge in [0.05, 0.1) is 46.2 Å². The topological polar surface area (TPSA) is 63.2 Å². The van der Waals surface area contributed by atoms with Crippen LogP contribution in [0.2, 0.25) is 0 Å². The molecule has 0 aliphatic carbocycles. The summed E-state index contributed by atoms with van der Waals surface area (Å²) >= 11 is 0. The third-order valence-corrected chi connectivity index (χ3v) is 4.94. The zero-order valence-corrected chi connectivity index (χ0v) is 20.5. The van der Waals surface area contributed by atoms with Crippen LogP contribution in [0.25, 0.3) is 0 Å². The average molecular weight is 447 g/mol. The van der Waals surface area contributed by atoms with Gasteiger partial charge < -0.3 is 23.7 Å². The first-order chi connectivity index (χ1) is 15.3. The minimum atomic E-state index is -0.136. The van der Waals surface area contributed by atoms with Crippen LogP contribution in [-0.4, -0.2) is 65.4 Å². The van der Waals surface area contributed by atoms with E-state index in [0.29, 0.717) is 65.7 Å². The minimum Gasteiger partial charge on any atom is -0.466 e. The van der Waals surface area contributed by atoms with Gasteiger partial charge in [-0.05, 0) is 19.3 Å². The third-order valence-electron chi connectivity index (χ3n) is 4.94. The van der Waals surface area contributed by atoms with E-state index in [1.807, 2.05) is 0 Å². The van der Waals surface area contributed by atoms with Crippen LogP contribution in [-0.2, 0) is 28.5 Å². The van der Waals surface area contributed by atoms with E-state index in [2.05, 4.69) is 13.8 Å². The van der Waals surface area contributed by atoms with Gasteiger partial charge in [0, 0.05) is 19.6 Å². The second kappa shape index (κ2) is 27.3. The summed E-state index contributed by atoms with van der Waals surface area (Å²) in [5.41, 5.74) is 0. The summed E-state index contributed by atoms with van der Waals surface area (Å²) in [5, 5.41) is 0. The molecule has 186 valence electrons. The number of ether oxygens (including phenoxy) is 5. The number of carbonyl (C=O) groups excluding carboxylic acids is 1. The van der Waals surface area contributed by atoms with Crippen LogP contribution in [0.15, 0.2) is 0 Å². The molecule has 0 aliphatic rings. The maximum absolute atomic E-state index is 11.4. The molecular formula is C25H50O6. The molecule has 0 aromatic carbocycles. The van der Waals surface area contributed by atoms with E-state index in [-0.39, 0.29) is 5.97 Å². The zero-order valence-electron chi connectivity index (χ0n) is 20.5. The Kier molecular flexibility index (Phi) is 26.7. The number of esters is 1. The molecule has 0 aromatic rings. The van der Waals surface area contributed by atoms with E-state index in [4.69, 9.17) is 23.7 Å². The summed E-state index contributed by atoms with van der Waals surface area (Å²) < 4.78 is 27.1. The monoisotopic (exact) mass is 446 g/mol. The molecule has 31 heavy (non-hydrogen) atoms. The van der Waals surface area contributed by atoms with Crippen molar-refractivity contribution in [3.05, 3.63) is 0 Å². The Morgan fingerprint density at radius 2 is 0.871 bits per heavy atom. The zero-order chi connectivity index (χ0) is 22.7. The van der Waals surface area contributed by atoms with Crippen molar-refractivity contribution in [1.29, 1.82) is 0 Å². The summed E-state index contributed by atoms with van der Waals surface area (Å²) in [6, 6.07) is 0. The lowest BCUT2D eigenvalue weighted by Gasteiger charge is -2.08. The predicted octanol–water partition coefficient (Wildman–Crippen LogP) is 5.71. The Hall–Kier alpha value is -0.690. The van der Waals surface area contributed by atoms with E-state index in [0.717, 1.165) is 25.9 Å². The van der Waals surface area contributed by atoms with Crippen molar-refractivity contribution >= 4 is 5.97 Å². The normalized spacial score (nSPS) is 11.2. The van der Waals surface area contributed by atoms with Gasteiger partial charge >= 0.3 is 5.97 Å². The summed E-state index contributed by atoms with van der Waals surface area (Å²) in [4.78, 5) is 11.4. The molecule has 6 nitrogen and oxygen atoms in total. The molecule has 6 heteroatoms. The summed E-state index contributed by atoms with van der Waals surface area (Å²) in [7, 11) is 0. The molecule has 0 rings (SSSR count). The van der Waals surface area contributed by atoms with E-state index in [1.165, 1.54) is 51.4 Å². The van der Waals surface area contributed by atoms with Crippen LogP contribution in [0, 0.1) is 0 Å². The van der Waals surface area contributed by atoms with Crippen molar-refractivity contribution in [3.63, 3.8) is 0 Å². The second-order valence-corrected chi connectivity index (χ2v) is 7.96. The van der Waals surface area contributed by atoms with Gasteiger partial charge in [0.15, 0.2) is 0 Å². The minimum absolute atomic E-state index is 0.136. The van der Waals surface area contributed by atoms with Gasteiger partial charge in [-0.2, -0.15) is 0 Å². The van der Waals surface area contributed by atoms with Gasteiger partial charge in [0.25, 0.3) is 0 Å². The first-order valence-electron chi connectivity index (χ1n) is 12.8. The molecule has 0 spiro atoms. The molecule has 0 N–H and O–H groups in total. The third kappa shape index (κ3) is 27.3. The van der Waals surface area contributed by atoms with E-state index in [1.54, 1.807) is 0 Å². The summed E-state index contributed by atoms with van der Waals surface area (Å²) in [6.45, 7) is 9.73. The highest BCUT2D eigenvalue weighted by atomic mass is 16.6. The number of unbranched alkanes of at least 4 members (excludes halogenated alkanes) is 9. The number of rotatable bonds is 26. The lowest BCUT2D eigenvalue weighted by Crippen LogP contribution is -2.12. The average Bonchev–Trinajstić information content (AvgIpc) is 2.77. The molecule has 0 saturated carbocycles. The van der Waals surface area contributed by atoms with Crippen LogP contribution >= 0.6 is 0 Å². The van der Waals surface area contributed by atoms with Crippen LogP contribution in [0.3, 0.4) is 0 Å².